The van der Waals surface area contributed by atoms with Crippen LogP contribution in [0.15, 0.2) is 45.7 Å². The van der Waals surface area contributed by atoms with Crippen molar-refractivity contribution in [2.75, 3.05) is 0 Å². The van der Waals surface area contributed by atoms with Crippen molar-refractivity contribution < 1.29 is 0 Å². The number of aryl methyl sites for hydroxylation is 2. The third kappa shape index (κ3) is 2.10. The van der Waals surface area contributed by atoms with Crippen molar-refractivity contribution >= 4 is 37.7 Å². The van der Waals surface area contributed by atoms with Gasteiger partial charge >= 0.3 is 0 Å². The fourth-order valence-electron chi connectivity index (χ4n) is 3.06. The Morgan fingerprint density at radius 2 is 1.83 bits per heavy atom. The second kappa shape index (κ2) is 5.27. The molecule has 2 heterocycles. The van der Waals surface area contributed by atoms with Crippen LogP contribution in [0.4, 0.5) is 0 Å². The van der Waals surface area contributed by atoms with Crippen molar-refractivity contribution in [2.24, 2.45) is 14.1 Å². The molecule has 0 N–H and O–H groups in total. The molecule has 0 unspecified atom stereocenters. The first-order valence-electron chi connectivity index (χ1n) is 7.56. The Morgan fingerprint density at radius 1 is 1.08 bits per heavy atom. The third-order valence-corrected chi connectivity index (χ3v) is 4.85. The second-order valence-electron chi connectivity index (χ2n) is 5.93. The molecule has 2 aromatic carbocycles. The van der Waals surface area contributed by atoms with Gasteiger partial charge in [0.2, 0.25) is 0 Å². The van der Waals surface area contributed by atoms with Crippen LogP contribution in [-0.4, -0.2) is 19.3 Å². The molecule has 0 aliphatic carbocycles. The smallest absolute Gasteiger partial charge is 0.261 e. The standard InChI is InChI=1S/C18H15BrN4O/c1-10-8-12-15(13(19)9-10)20-17(22(2)18(12)24)16-11-6-4-5-7-14(11)23(3)21-16/h4-9H,1-3H3. The van der Waals surface area contributed by atoms with Gasteiger partial charge in [0, 0.05) is 24.0 Å². The molecule has 4 rings (SSSR count). The fourth-order valence-corrected chi connectivity index (χ4v) is 3.72. The zero-order valence-electron chi connectivity index (χ0n) is 13.5. The highest BCUT2D eigenvalue weighted by Gasteiger charge is 2.18. The number of benzene rings is 2. The molecular formula is C18H15BrN4O. The molecule has 2 aromatic heterocycles. The summed E-state index contributed by atoms with van der Waals surface area (Å²) >= 11 is 3.53. The van der Waals surface area contributed by atoms with Crippen LogP contribution in [0.1, 0.15) is 5.56 Å². The number of rotatable bonds is 1. The van der Waals surface area contributed by atoms with Gasteiger partial charge in [0.1, 0.15) is 5.69 Å². The average molecular weight is 383 g/mol. The molecule has 0 atom stereocenters. The number of hydrogen-bond acceptors (Lipinski definition) is 3. The first-order valence-corrected chi connectivity index (χ1v) is 8.35. The molecule has 0 aliphatic heterocycles. The van der Waals surface area contributed by atoms with E-state index < -0.39 is 0 Å². The van der Waals surface area contributed by atoms with Gasteiger partial charge in [0.25, 0.3) is 5.56 Å². The van der Waals surface area contributed by atoms with Gasteiger partial charge in [-0.2, -0.15) is 5.10 Å². The van der Waals surface area contributed by atoms with Gasteiger partial charge in [-0.05, 0) is 46.6 Å². The summed E-state index contributed by atoms with van der Waals surface area (Å²) in [6.45, 7) is 1.96. The minimum Gasteiger partial charge on any atom is -0.294 e. The van der Waals surface area contributed by atoms with Crippen LogP contribution < -0.4 is 5.56 Å². The van der Waals surface area contributed by atoms with E-state index in [-0.39, 0.29) is 5.56 Å². The van der Waals surface area contributed by atoms with Crippen LogP contribution >= 0.6 is 15.9 Å². The molecular weight excluding hydrogens is 368 g/mol. The maximum absolute atomic E-state index is 12.8. The van der Waals surface area contributed by atoms with Gasteiger partial charge in [-0.3, -0.25) is 14.0 Å². The Hall–Kier alpha value is -2.47. The van der Waals surface area contributed by atoms with E-state index in [0.29, 0.717) is 22.4 Å². The average Bonchev–Trinajstić information content (AvgIpc) is 2.89. The Morgan fingerprint density at radius 3 is 2.62 bits per heavy atom. The van der Waals surface area contributed by atoms with E-state index in [2.05, 4.69) is 21.0 Å². The highest BCUT2D eigenvalue weighted by molar-refractivity contribution is 9.10. The second-order valence-corrected chi connectivity index (χ2v) is 6.79. The van der Waals surface area contributed by atoms with E-state index in [1.54, 1.807) is 11.6 Å². The Labute approximate surface area is 146 Å². The van der Waals surface area contributed by atoms with Gasteiger partial charge in [0.05, 0.1) is 16.4 Å². The molecule has 0 bridgehead atoms. The minimum atomic E-state index is -0.0749. The first kappa shape index (κ1) is 15.1. The fraction of sp³-hybridized carbons (Fsp3) is 0.167. The van der Waals surface area contributed by atoms with E-state index in [1.807, 2.05) is 55.1 Å². The van der Waals surface area contributed by atoms with Crippen molar-refractivity contribution in [1.29, 1.82) is 0 Å². The van der Waals surface area contributed by atoms with E-state index >= 15 is 0 Å². The monoisotopic (exact) mass is 382 g/mol. The molecule has 0 amide bonds. The molecule has 0 saturated carbocycles. The molecule has 0 saturated heterocycles. The number of fused-ring (bicyclic) bond motifs is 2. The van der Waals surface area contributed by atoms with Crippen molar-refractivity contribution in [3.8, 4) is 11.5 Å². The van der Waals surface area contributed by atoms with Crippen molar-refractivity contribution in [2.45, 2.75) is 6.92 Å². The van der Waals surface area contributed by atoms with Crippen LogP contribution in [0, 0.1) is 6.92 Å². The highest BCUT2D eigenvalue weighted by atomic mass is 79.9. The normalized spacial score (nSPS) is 11.5. The molecule has 0 aliphatic rings. The van der Waals surface area contributed by atoms with Gasteiger partial charge in [-0.1, -0.05) is 18.2 Å². The van der Waals surface area contributed by atoms with Crippen LogP contribution in [-0.2, 0) is 14.1 Å². The predicted octanol–water partition coefficient (Wildman–Crippen LogP) is 3.56. The van der Waals surface area contributed by atoms with E-state index in [1.165, 1.54) is 0 Å². The lowest BCUT2D eigenvalue weighted by molar-refractivity contribution is 0.784. The molecule has 0 spiro atoms. The number of nitrogens with zero attached hydrogens (tertiary/aromatic N) is 4. The summed E-state index contributed by atoms with van der Waals surface area (Å²) in [4.78, 5) is 17.6. The Kier molecular flexibility index (Phi) is 3.31. The molecule has 6 heteroatoms. The van der Waals surface area contributed by atoms with Gasteiger partial charge in [-0.25, -0.2) is 4.98 Å². The van der Waals surface area contributed by atoms with Crippen molar-refractivity contribution in [3.05, 3.63) is 56.8 Å². The van der Waals surface area contributed by atoms with Crippen LogP contribution in [0.3, 0.4) is 0 Å². The maximum atomic E-state index is 12.8. The van der Waals surface area contributed by atoms with Crippen LogP contribution in [0.25, 0.3) is 33.3 Å². The largest absolute Gasteiger partial charge is 0.294 e. The number of hydrogen-bond donors (Lipinski definition) is 0. The van der Waals surface area contributed by atoms with Gasteiger partial charge < -0.3 is 0 Å². The van der Waals surface area contributed by atoms with Crippen LogP contribution in [0.5, 0.6) is 0 Å². The quantitative estimate of drug-likeness (QED) is 0.505. The van der Waals surface area contributed by atoms with Crippen LogP contribution in [0.2, 0.25) is 0 Å². The maximum Gasteiger partial charge on any atom is 0.261 e. The number of aromatic nitrogens is 4. The topological polar surface area (TPSA) is 52.7 Å². The number of para-hydroxylation sites is 1. The van der Waals surface area contributed by atoms with Gasteiger partial charge in [-0.15, -0.1) is 0 Å². The molecule has 4 aromatic rings. The molecule has 0 fully saturated rings. The lowest BCUT2D eigenvalue weighted by Crippen LogP contribution is -2.20. The lowest BCUT2D eigenvalue weighted by Gasteiger charge is -2.09. The number of halogens is 1. The summed E-state index contributed by atoms with van der Waals surface area (Å²) in [7, 11) is 3.63. The predicted molar refractivity (Wildman–Crippen MR) is 99.1 cm³/mol. The SMILES string of the molecule is Cc1cc(Br)c2nc(-c3nn(C)c4ccccc34)n(C)c(=O)c2c1. The third-order valence-electron chi connectivity index (χ3n) is 4.25. The lowest BCUT2D eigenvalue weighted by atomic mass is 10.1. The first-order chi connectivity index (χ1) is 11.5. The summed E-state index contributed by atoms with van der Waals surface area (Å²) in [5, 5.41) is 6.18. The molecule has 5 nitrogen and oxygen atoms in total. The molecule has 24 heavy (non-hydrogen) atoms. The van der Waals surface area contributed by atoms with Gasteiger partial charge in [0.15, 0.2) is 5.82 Å². The highest BCUT2D eigenvalue weighted by Crippen LogP contribution is 2.28. The summed E-state index contributed by atoms with van der Waals surface area (Å²) in [5.41, 5.74) is 3.32. The Bertz CT molecular complexity index is 1170. The van der Waals surface area contributed by atoms with Crippen molar-refractivity contribution in [3.63, 3.8) is 0 Å². The summed E-state index contributed by atoms with van der Waals surface area (Å²) in [6.07, 6.45) is 0. The van der Waals surface area contributed by atoms with E-state index in [4.69, 9.17) is 4.98 Å². The minimum absolute atomic E-state index is 0.0749. The summed E-state index contributed by atoms with van der Waals surface area (Å²) < 4.78 is 4.20. The molecule has 0 radical (unpaired) electrons. The van der Waals surface area contributed by atoms with Crippen molar-refractivity contribution in [1.82, 2.24) is 19.3 Å². The Balaban J connectivity index is 2.14. The molecule has 120 valence electrons. The summed E-state index contributed by atoms with van der Waals surface area (Å²) in [5.74, 6) is 0.564. The summed E-state index contributed by atoms with van der Waals surface area (Å²) in [6, 6.07) is 11.8. The zero-order valence-corrected chi connectivity index (χ0v) is 15.1. The zero-order chi connectivity index (χ0) is 17.0. The van der Waals surface area contributed by atoms with E-state index in [9.17, 15) is 4.79 Å². The van der Waals surface area contributed by atoms with E-state index in [0.717, 1.165) is 20.9 Å².